The fourth-order valence-electron chi connectivity index (χ4n) is 3.45. The van der Waals surface area contributed by atoms with Gasteiger partial charge in [-0.1, -0.05) is 41.9 Å². The number of hydrogen-bond acceptors (Lipinski definition) is 7. The number of hydrogen-bond donors (Lipinski definition) is 1. The molecular formula is C22H16ClF2N3O4. The number of allylic oxidation sites excluding steroid dienone is 1. The zero-order valence-corrected chi connectivity index (χ0v) is 17.6. The molecule has 1 unspecified atom stereocenters. The van der Waals surface area contributed by atoms with E-state index in [2.05, 4.69) is 0 Å². The highest BCUT2D eigenvalue weighted by atomic mass is 35.5. The number of benzene rings is 2. The molecule has 10 heteroatoms. The van der Waals surface area contributed by atoms with Gasteiger partial charge in [0.2, 0.25) is 0 Å². The largest absolute Gasteiger partial charge is 0.466 e. The summed E-state index contributed by atoms with van der Waals surface area (Å²) < 4.78 is 37.7. The lowest BCUT2D eigenvalue weighted by atomic mass is 9.81. The van der Waals surface area contributed by atoms with Crippen molar-refractivity contribution in [2.45, 2.75) is 5.92 Å². The molecule has 1 heterocycles. The van der Waals surface area contributed by atoms with Crippen molar-refractivity contribution in [2.75, 3.05) is 19.1 Å². The lowest BCUT2D eigenvalue weighted by molar-refractivity contribution is -0.139. The monoisotopic (exact) mass is 459 g/mol. The van der Waals surface area contributed by atoms with E-state index in [1.807, 2.05) is 6.07 Å². The molecule has 0 amide bonds. The lowest BCUT2D eigenvalue weighted by Gasteiger charge is -2.36. The zero-order valence-electron chi connectivity index (χ0n) is 16.9. The Kier molecular flexibility index (Phi) is 6.46. The van der Waals surface area contributed by atoms with E-state index in [9.17, 15) is 23.6 Å². The molecule has 2 N–H and O–H groups in total. The van der Waals surface area contributed by atoms with Gasteiger partial charge in [-0.05, 0) is 11.6 Å². The zero-order chi connectivity index (χ0) is 23.6. The van der Waals surface area contributed by atoms with E-state index < -0.39 is 40.2 Å². The third kappa shape index (κ3) is 3.76. The van der Waals surface area contributed by atoms with Gasteiger partial charge >= 0.3 is 11.9 Å². The first-order valence-electron chi connectivity index (χ1n) is 9.06. The second-order valence-electron chi connectivity index (χ2n) is 6.56. The Hall–Kier alpha value is -3.90. The van der Waals surface area contributed by atoms with Crippen LogP contribution in [0, 0.1) is 23.0 Å². The number of halogens is 3. The van der Waals surface area contributed by atoms with Crippen LogP contribution in [0.5, 0.6) is 0 Å². The summed E-state index contributed by atoms with van der Waals surface area (Å²) in [5.74, 6) is -5.98. The van der Waals surface area contributed by atoms with Gasteiger partial charge in [-0.15, -0.1) is 0 Å². The van der Waals surface area contributed by atoms with E-state index in [1.54, 1.807) is 30.3 Å². The number of methoxy groups -OCH3 is 2. The van der Waals surface area contributed by atoms with Crippen LogP contribution in [0.15, 0.2) is 65.1 Å². The average molecular weight is 460 g/mol. The molecule has 7 nitrogen and oxygen atoms in total. The second-order valence-corrected chi connectivity index (χ2v) is 6.97. The van der Waals surface area contributed by atoms with E-state index in [0.29, 0.717) is 5.56 Å². The Morgan fingerprint density at radius 3 is 2.28 bits per heavy atom. The number of nitrogens with zero attached hydrogens (tertiary/aromatic N) is 2. The van der Waals surface area contributed by atoms with Gasteiger partial charge in [-0.3, -0.25) is 4.90 Å². The molecular weight excluding hydrogens is 444 g/mol. The normalized spacial score (nSPS) is 16.0. The van der Waals surface area contributed by atoms with E-state index in [0.717, 1.165) is 31.3 Å². The first-order chi connectivity index (χ1) is 15.3. The fraction of sp³-hybridized carbons (Fsp3) is 0.136. The second kappa shape index (κ2) is 9.08. The Balaban J connectivity index is 2.44. The summed E-state index contributed by atoms with van der Waals surface area (Å²) in [6.45, 7) is 0. The molecule has 0 bridgehead atoms. The molecule has 0 fully saturated rings. The maximum Gasteiger partial charge on any atom is 0.355 e. The topological polar surface area (TPSA) is 106 Å². The first-order valence-corrected chi connectivity index (χ1v) is 9.44. The van der Waals surface area contributed by atoms with Gasteiger partial charge in [0, 0.05) is 6.07 Å². The van der Waals surface area contributed by atoms with Crippen LogP contribution in [0.25, 0.3) is 0 Å². The van der Waals surface area contributed by atoms with Crippen LogP contribution in [-0.4, -0.2) is 26.2 Å². The molecule has 164 valence electrons. The van der Waals surface area contributed by atoms with Gasteiger partial charge in [0.25, 0.3) is 0 Å². The molecule has 3 rings (SSSR count). The molecule has 2 aromatic rings. The predicted molar refractivity (Wildman–Crippen MR) is 111 cm³/mol. The maximum absolute atomic E-state index is 14.1. The minimum absolute atomic E-state index is 0.120. The van der Waals surface area contributed by atoms with Crippen molar-refractivity contribution in [3.63, 3.8) is 0 Å². The Labute approximate surface area is 186 Å². The predicted octanol–water partition coefficient (Wildman–Crippen LogP) is 3.52. The van der Waals surface area contributed by atoms with Crippen molar-refractivity contribution < 1.29 is 27.8 Å². The van der Waals surface area contributed by atoms with Gasteiger partial charge in [-0.25, -0.2) is 18.4 Å². The lowest BCUT2D eigenvalue weighted by Crippen LogP contribution is -2.40. The van der Waals surface area contributed by atoms with Gasteiger partial charge in [-0.2, -0.15) is 5.26 Å². The molecule has 1 atom stereocenters. The summed E-state index contributed by atoms with van der Waals surface area (Å²) in [6, 6.07) is 12.0. The number of nitrogens with two attached hydrogens (primary N) is 1. The highest BCUT2D eigenvalue weighted by Crippen LogP contribution is 2.43. The minimum atomic E-state index is -1.33. The standard InChI is InChI=1S/C22H16ClF2N3O4/c1-31-21(29)17-16(11-6-4-3-5-7-11)13(10-26)20(27)28(19(17)22(30)32-2)12-8-14(23)18(25)15(24)9-12/h3-9,16H,27H2,1-2H3. The number of ether oxygens (including phenoxy) is 2. The summed E-state index contributed by atoms with van der Waals surface area (Å²) in [4.78, 5) is 26.6. The summed E-state index contributed by atoms with van der Waals surface area (Å²) in [6.07, 6.45) is 0. The summed E-state index contributed by atoms with van der Waals surface area (Å²) in [5, 5.41) is 9.30. The Morgan fingerprint density at radius 1 is 1.12 bits per heavy atom. The smallest absolute Gasteiger partial charge is 0.355 e. The Bertz CT molecular complexity index is 1180. The van der Waals surface area contributed by atoms with Crippen LogP contribution in [0.4, 0.5) is 14.5 Å². The SMILES string of the molecule is COC(=O)C1=C(C(=O)OC)N(c2cc(F)c(F)c(Cl)c2)C(N)=C(C#N)C1c1ccccc1. The van der Waals surface area contributed by atoms with Gasteiger partial charge in [0.05, 0.1) is 48.1 Å². The van der Waals surface area contributed by atoms with Gasteiger partial charge < -0.3 is 15.2 Å². The van der Waals surface area contributed by atoms with Crippen molar-refractivity contribution in [2.24, 2.45) is 5.73 Å². The summed E-state index contributed by atoms with van der Waals surface area (Å²) in [7, 11) is 2.16. The molecule has 0 aromatic heterocycles. The van der Waals surface area contributed by atoms with Crippen molar-refractivity contribution >= 4 is 29.2 Å². The molecule has 0 spiro atoms. The fourth-order valence-corrected chi connectivity index (χ4v) is 3.65. The number of anilines is 1. The molecule has 0 saturated heterocycles. The molecule has 0 saturated carbocycles. The van der Waals surface area contributed by atoms with E-state index in [-0.39, 0.29) is 22.7 Å². The van der Waals surface area contributed by atoms with Gasteiger partial charge in [0.1, 0.15) is 11.5 Å². The molecule has 32 heavy (non-hydrogen) atoms. The maximum atomic E-state index is 14.1. The summed E-state index contributed by atoms with van der Waals surface area (Å²) >= 11 is 5.78. The van der Waals surface area contributed by atoms with Crippen molar-refractivity contribution in [1.29, 1.82) is 5.26 Å². The molecule has 1 aliphatic rings. The van der Waals surface area contributed by atoms with Crippen LogP contribution in [-0.2, 0) is 19.1 Å². The van der Waals surface area contributed by atoms with E-state index >= 15 is 0 Å². The third-order valence-electron chi connectivity index (χ3n) is 4.84. The number of nitriles is 1. The van der Waals surface area contributed by atoms with Crippen molar-refractivity contribution in [3.8, 4) is 6.07 Å². The number of rotatable bonds is 4. The highest BCUT2D eigenvalue weighted by molar-refractivity contribution is 6.31. The van der Waals surface area contributed by atoms with Crippen LogP contribution >= 0.6 is 11.6 Å². The van der Waals surface area contributed by atoms with Crippen LogP contribution in [0.2, 0.25) is 5.02 Å². The minimum Gasteiger partial charge on any atom is -0.466 e. The molecule has 1 aliphatic heterocycles. The molecule has 0 aliphatic carbocycles. The van der Waals surface area contributed by atoms with E-state index in [1.165, 1.54) is 0 Å². The highest BCUT2D eigenvalue weighted by Gasteiger charge is 2.43. The van der Waals surface area contributed by atoms with Crippen LogP contribution < -0.4 is 10.6 Å². The summed E-state index contributed by atoms with van der Waals surface area (Å²) in [5.41, 5.74) is 5.70. The Morgan fingerprint density at radius 2 is 1.75 bits per heavy atom. The molecule has 0 radical (unpaired) electrons. The van der Waals surface area contributed by atoms with Crippen LogP contribution in [0.1, 0.15) is 11.5 Å². The quantitative estimate of drug-likeness (QED) is 0.550. The number of esters is 2. The van der Waals surface area contributed by atoms with Crippen molar-refractivity contribution in [3.05, 3.63) is 87.3 Å². The van der Waals surface area contributed by atoms with Gasteiger partial charge in [0.15, 0.2) is 11.6 Å². The third-order valence-corrected chi connectivity index (χ3v) is 5.11. The average Bonchev–Trinajstić information content (AvgIpc) is 2.80. The number of carbonyl (C=O) groups is 2. The van der Waals surface area contributed by atoms with Crippen molar-refractivity contribution in [1.82, 2.24) is 0 Å². The first kappa shape index (κ1) is 22.8. The molecule has 2 aromatic carbocycles. The number of carbonyl (C=O) groups excluding carboxylic acids is 2. The van der Waals surface area contributed by atoms with E-state index in [4.69, 9.17) is 26.8 Å². The van der Waals surface area contributed by atoms with Crippen LogP contribution in [0.3, 0.4) is 0 Å².